The van der Waals surface area contributed by atoms with Crippen LogP contribution >= 0.6 is 23.2 Å². The molecule has 1 unspecified atom stereocenters. The molecule has 1 heterocycles. The van der Waals surface area contributed by atoms with Gasteiger partial charge in [0.15, 0.2) is 5.78 Å². The standard InChI is InChI=1S/C31H27Cl2N3O4/c1-19-24(16-17-28(34-19)36-31(40)35-26-9-5-8-25(32)29(26)33)21-12-14-22(15-13-21)27(37)18-23(30(38)39)11-10-20-6-3-2-4-7-20/h2-9,12-17,23H,10-11,18H2,1H3,(H,38,39)(H2,34,35,36,40). The predicted molar refractivity (Wildman–Crippen MR) is 158 cm³/mol. The topological polar surface area (TPSA) is 108 Å². The molecule has 7 nitrogen and oxygen atoms in total. The number of halogens is 2. The largest absolute Gasteiger partial charge is 0.481 e. The molecule has 2 amide bonds. The summed E-state index contributed by atoms with van der Waals surface area (Å²) in [6, 6.07) is 24.5. The minimum absolute atomic E-state index is 0.0646. The number of urea groups is 1. The number of carboxylic acids is 1. The molecule has 3 aromatic carbocycles. The number of Topliss-reactive ketones (excluding diaryl/α,β-unsaturated/α-hetero) is 1. The van der Waals surface area contributed by atoms with Crippen molar-refractivity contribution in [2.75, 3.05) is 10.6 Å². The fourth-order valence-electron chi connectivity index (χ4n) is 4.28. The third kappa shape index (κ3) is 7.46. The number of nitrogens with zero attached hydrogens (tertiary/aromatic N) is 1. The Balaban J connectivity index is 1.38. The van der Waals surface area contributed by atoms with Gasteiger partial charge in [-0.2, -0.15) is 0 Å². The van der Waals surface area contributed by atoms with E-state index in [9.17, 15) is 19.5 Å². The van der Waals surface area contributed by atoms with Crippen LogP contribution < -0.4 is 10.6 Å². The molecule has 4 aromatic rings. The summed E-state index contributed by atoms with van der Waals surface area (Å²) in [6.07, 6.45) is 0.917. The Morgan fingerprint density at radius 2 is 1.60 bits per heavy atom. The fraction of sp³-hybridized carbons (Fsp3) is 0.161. The maximum absolute atomic E-state index is 12.9. The molecule has 0 radical (unpaired) electrons. The number of nitrogens with one attached hydrogen (secondary N) is 2. The second kappa shape index (κ2) is 13.2. The number of ketones is 1. The first-order valence-corrected chi connectivity index (χ1v) is 13.4. The minimum Gasteiger partial charge on any atom is -0.481 e. The van der Waals surface area contributed by atoms with Crippen LogP contribution in [-0.4, -0.2) is 27.9 Å². The van der Waals surface area contributed by atoms with Gasteiger partial charge in [0.05, 0.1) is 21.7 Å². The average Bonchev–Trinajstić information content (AvgIpc) is 2.94. The maximum atomic E-state index is 12.9. The average molecular weight is 576 g/mol. The number of aromatic nitrogens is 1. The van der Waals surface area contributed by atoms with Crippen molar-refractivity contribution in [2.24, 2.45) is 5.92 Å². The van der Waals surface area contributed by atoms with Crippen LogP contribution in [0.4, 0.5) is 16.3 Å². The summed E-state index contributed by atoms with van der Waals surface area (Å²) in [4.78, 5) is 41.5. The van der Waals surface area contributed by atoms with Crippen molar-refractivity contribution in [3.63, 3.8) is 0 Å². The highest BCUT2D eigenvalue weighted by Crippen LogP contribution is 2.30. The summed E-state index contributed by atoms with van der Waals surface area (Å²) < 4.78 is 0. The number of aliphatic carboxylic acids is 1. The van der Waals surface area contributed by atoms with E-state index in [0.717, 1.165) is 16.7 Å². The number of hydrogen-bond acceptors (Lipinski definition) is 4. The number of amides is 2. The van der Waals surface area contributed by atoms with E-state index in [4.69, 9.17) is 23.2 Å². The van der Waals surface area contributed by atoms with E-state index in [1.807, 2.05) is 43.3 Å². The molecule has 1 aromatic heterocycles. The number of carbonyl (C=O) groups is 3. The van der Waals surface area contributed by atoms with E-state index in [0.29, 0.717) is 40.6 Å². The van der Waals surface area contributed by atoms with Gasteiger partial charge >= 0.3 is 12.0 Å². The monoisotopic (exact) mass is 575 g/mol. The zero-order chi connectivity index (χ0) is 28.6. The molecule has 0 aliphatic rings. The Kier molecular flexibility index (Phi) is 9.53. The molecule has 0 bridgehead atoms. The lowest BCUT2D eigenvalue weighted by atomic mass is 9.92. The molecule has 4 rings (SSSR count). The van der Waals surface area contributed by atoms with Crippen LogP contribution in [0.1, 0.15) is 34.5 Å². The first kappa shape index (κ1) is 28.8. The number of carboxylic acid groups (broad SMARTS) is 1. The molecule has 0 aliphatic carbocycles. The molecule has 0 aliphatic heterocycles. The highest BCUT2D eigenvalue weighted by Gasteiger charge is 2.22. The summed E-state index contributed by atoms with van der Waals surface area (Å²) >= 11 is 12.1. The summed E-state index contributed by atoms with van der Waals surface area (Å²) in [6.45, 7) is 1.81. The van der Waals surface area contributed by atoms with Crippen LogP contribution in [-0.2, 0) is 11.2 Å². The molecule has 0 saturated carbocycles. The Morgan fingerprint density at radius 1 is 0.875 bits per heavy atom. The molecule has 9 heteroatoms. The van der Waals surface area contributed by atoms with Crippen molar-refractivity contribution in [3.05, 3.63) is 112 Å². The maximum Gasteiger partial charge on any atom is 0.324 e. The minimum atomic E-state index is -0.972. The SMILES string of the molecule is Cc1nc(NC(=O)Nc2cccc(Cl)c2Cl)ccc1-c1ccc(C(=O)CC(CCc2ccccc2)C(=O)O)cc1. The van der Waals surface area contributed by atoms with Crippen LogP contribution in [0.5, 0.6) is 0 Å². The molecule has 0 saturated heterocycles. The number of pyridine rings is 1. The van der Waals surface area contributed by atoms with Crippen LogP contribution in [0.25, 0.3) is 11.1 Å². The molecular weight excluding hydrogens is 549 g/mol. The fourth-order valence-corrected chi connectivity index (χ4v) is 4.63. The van der Waals surface area contributed by atoms with Gasteiger partial charge < -0.3 is 10.4 Å². The first-order valence-electron chi connectivity index (χ1n) is 12.6. The van der Waals surface area contributed by atoms with Crippen molar-refractivity contribution in [1.29, 1.82) is 0 Å². The van der Waals surface area contributed by atoms with Crippen molar-refractivity contribution in [1.82, 2.24) is 4.98 Å². The molecule has 40 heavy (non-hydrogen) atoms. The smallest absolute Gasteiger partial charge is 0.324 e. The Bertz CT molecular complexity index is 1530. The molecule has 204 valence electrons. The van der Waals surface area contributed by atoms with Gasteiger partial charge in [-0.1, -0.05) is 83.9 Å². The number of anilines is 2. The van der Waals surface area contributed by atoms with Crippen molar-refractivity contribution >= 4 is 52.5 Å². The van der Waals surface area contributed by atoms with E-state index in [1.165, 1.54) is 0 Å². The highest BCUT2D eigenvalue weighted by atomic mass is 35.5. The Morgan fingerprint density at radius 3 is 2.27 bits per heavy atom. The number of carbonyl (C=O) groups excluding carboxylic acids is 2. The Hall–Kier alpha value is -4.20. The van der Waals surface area contributed by atoms with Crippen LogP contribution in [0.3, 0.4) is 0 Å². The molecule has 0 spiro atoms. The summed E-state index contributed by atoms with van der Waals surface area (Å²) in [5.41, 5.74) is 4.21. The van der Waals surface area contributed by atoms with Crippen LogP contribution in [0, 0.1) is 12.8 Å². The van der Waals surface area contributed by atoms with Gasteiger partial charge in [-0.15, -0.1) is 0 Å². The van der Waals surface area contributed by atoms with E-state index >= 15 is 0 Å². The quantitative estimate of drug-likeness (QED) is 0.166. The third-order valence-corrected chi connectivity index (χ3v) is 7.27. The van der Waals surface area contributed by atoms with Crippen molar-refractivity contribution in [2.45, 2.75) is 26.2 Å². The van der Waals surface area contributed by atoms with Crippen LogP contribution in [0.2, 0.25) is 10.0 Å². The first-order chi connectivity index (χ1) is 19.2. The lowest BCUT2D eigenvalue weighted by Gasteiger charge is -2.13. The van der Waals surface area contributed by atoms with E-state index in [1.54, 1.807) is 48.5 Å². The van der Waals surface area contributed by atoms with Gasteiger partial charge in [0.2, 0.25) is 0 Å². The third-order valence-electron chi connectivity index (χ3n) is 6.45. The summed E-state index contributed by atoms with van der Waals surface area (Å²) in [5.74, 6) is -1.60. The predicted octanol–water partition coefficient (Wildman–Crippen LogP) is 7.91. The number of benzene rings is 3. The second-order valence-electron chi connectivity index (χ2n) is 9.27. The summed E-state index contributed by atoms with van der Waals surface area (Å²) in [7, 11) is 0. The number of aryl methyl sites for hydroxylation is 2. The highest BCUT2D eigenvalue weighted by molar-refractivity contribution is 6.44. The van der Waals surface area contributed by atoms with Gasteiger partial charge in [-0.3, -0.25) is 14.9 Å². The van der Waals surface area contributed by atoms with E-state index in [2.05, 4.69) is 15.6 Å². The normalized spacial score (nSPS) is 11.5. The number of hydrogen-bond donors (Lipinski definition) is 3. The number of rotatable bonds is 10. The van der Waals surface area contributed by atoms with E-state index < -0.39 is 17.9 Å². The molecular formula is C31H27Cl2N3O4. The lowest BCUT2D eigenvalue weighted by Crippen LogP contribution is -2.20. The zero-order valence-electron chi connectivity index (χ0n) is 21.7. The molecule has 1 atom stereocenters. The van der Waals surface area contributed by atoms with E-state index in [-0.39, 0.29) is 17.2 Å². The van der Waals surface area contributed by atoms with Gasteiger partial charge in [0.25, 0.3) is 0 Å². The Labute approximate surface area is 242 Å². The summed E-state index contributed by atoms with van der Waals surface area (Å²) in [5, 5.41) is 15.5. The molecule has 3 N–H and O–H groups in total. The van der Waals surface area contributed by atoms with Gasteiger partial charge in [0, 0.05) is 23.2 Å². The van der Waals surface area contributed by atoms with Crippen molar-refractivity contribution < 1.29 is 19.5 Å². The van der Waals surface area contributed by atoms with Gasteiger partial charge in [0.1, 0.15) is 5.82 Å². The van der Waals surface area contributed by atoms with Gasteiger partial charge in [-0.25, -0.2) is 9.78 Å². The second-order valence-corrected chi connectivity index (χ2v) is 10.1. The van der Waals surface area contributed by atoms with Crippen molar-refractivity contribution in [3.8, 4) is 11.1 Å². The molecule has 0 fully saturated rings. The van der Waals surface area contributed by atoms with Crippen LogP contribution in [0.15, 0.2) is 84.9 Å². The lowest BCUT2D eigenvalue weighted by molar-refractivity contribution is -0.141. The van der Waals surface area contributed by atoms with Gasteiger partial charge in [-0.05, 0) is 55.2 Å². The zero-order valence-corrected chi connectivity index (χ0v) is 23.2.